The molecule has 0 saturated carbocycles. The van der Waals surface area contributed by atoms with Crippen LogP contribution in [0.4, 0.5) is 0 Å². The van der Waals surface area contributed by atoms with Crippen LogP contribution in [-0.4, -0.2) is 13.2 Å². The molecule has 1 heterocycles. The van der Waals surface area contributed by atoms with Crippen molar-refractivity contribution in [1.82, 2.24) is 5.32 Å². The molecule has 0 unspecified atom stereocenters. The molecule has 0 bridgehead atoms. The lowest BCUT2D eigenvalue weighted by molar-refractivity contribution is 0.140. The summed E-state index contributed by atoms with van der Waals surface area (Å²) in [5, 5.41) is 3.36. The zero-order valence-corrected chi connectivity index (χ0v) is 7.49. The fourth-order valence-electron chi connectivity index (χ4n) is 1.45. The van der Waals surface area contributed by atoms with Gasteiger partial charge in [0.1, 0.15) is 12.4 Å². The molecule has 0 aliphatic carbocycles. The Labute approximate surface area is 78.2 Å². The van der Waals surface area contributed by atoms with E-state index in [-0.39, 0.29) is 0 Å². The Hall–Kier alpha value is -1.28. The Balaban J connectivity index is 2.07. The molecular weight excluding hydrogens is 162 g/mol. The first-order chi connectivity index (χ1) is 6.36. The van der Waals surface area contributed by atoms with Gasteiger partial charge in [0.05, 0.1) is 12.6 Å². The molecule has 13 heavy (non-hydrogen) atoms. The lowest BCUT2D eigenvalue weighted by Crippen LogP contribution is -2.32. The molecule has 2 heteroatoms. The second-order valence-corrected chi connectivity index (χ2v) is 3.19. The van der Waals surface area contributed by atoms with Gasteiger partial charge in [0, 0.05) is 0 Å². The second-order valence-electron chi connectivity index (χ2n) is 3.19. The highest BCUT2D eigenvalue weighted by Crippen LogP contribution is 2.17. The maximum absolute atomic E-state index is 5.39. The number of hydrogen-bond donors (Lipinski definition) is 1. The van der Waals surface area contributed by atoms with Crippen LogP contribution in [0.2, 0.25) is 0 Å². The van der Waals surface area contributed by atoms with Crippen molar-refractivity contribution in [1.29, 1.82) is 0 Å². The minimum absolute atomic E-state index is 0.312. The van der Waals surface area contributed by atoms with E-state index in [1.165, 1.54) is 5.56 Å². The third kappa shape index (κ3) is 1.90. The Morgan fingerprint density at radius 1 is 1.31 bits per heavy atom. The lowest BCUT2D eigenvalue weighted by Gasteiger charge is -2.26. The van der Waals surface area contributed by atoms with Crippen LogP contribution in [0.15, 0.2) is 42.7 Å². The van der Waals surface area contributed by atoms with Gasteiger partial charge in [-0.15, -0.1) is 0 Å². The van der Waals surface area contributed by atoms with Crippen LogP contribution in [0.25, 0.3) is 0 Å². The van der Waals surface area contributed by atoms with Gasteiger partial charge < -0.3 is 10.1 Å². The van der Waals surface area contributed by atoms with E-state index in [2.05, 4.69) is 24.0 Å². The predicted octanol–water partition coefficient (Wildman–Crippen LogP) is 1.86. The van der Waals surface area contributed by atoms with Gasteiger partial charge >= 0.3 is 0 Å². The minimum atomic E-state index is 0.312. The van der Waals surface area contributed by atoms with Gasteiger partial charge in [0.25, 0.3) is 0 Å². The molecule has 2 rings (SSSR count). The molecule has 1 aromatic carbocycles. The zero-order valence-electron chi connectivity index (χ0n) is 7.49. The van der Waals surface area contributed by atoms with E-state index in [1.807, 2.05) is 18.2 Å². The monoisotopic (exact) mass is 175 g/mol. The summed E-state index contributed by atoms with van der Waals surface area (Å²) in [6, 6.07) is 10.6. The minimum Gasteiger partial charge on any atom is -0.495 e. The summed E-state index contributed by atoms with van der Waals surface area (Å²) >= 11 is 0. The molecule has 0 spiro atoms. The second kappa shape index (κ2) is 3.62. The molecule has 1 atom stereocenters. The van der Waals surface area contributed by atoms with Crippen LogP contribution < -0.4 is 5.32 Å². The van der Waals surface area contributed by atoms with Gasteiger partial charge in [-0.25, -0.2) is 0 Å². The van der Waals surface area contributed by atoms with Gasteiger partial charge in [0.15, 0.2) is 0 Å². The molecular formula is C11H13NO. The summed E-state index contributed by atoms with van der Waals surface area (Å²) in [4.78, 5) is 0. The number of morpholine rings is 1. The highest BCUT2D eigenvalue weighted by molar-refractivity contribution is 5.20. The van der Waals surface area contributed by atoms with E-state index in [4.69, 9.17) is 4.74 Å². The van der Waals surface area contributed by atoms with Crippen molar-refractivity contribution in [3.05, 3.63) is 48.2 Å². The quantitative estimate of drug-likeness (QED) is 0.703. The normalized spacial score (nSPS) is 22.5. The molecule has 1 aromatic rings. The van der Waals surface area contributed by atoms with Crippen molar-refractivity contribution in [2.75, 3.05) is 13.2 Å². The molecule has 0 aromatic heterocycles. The van der Waals surface area contributed by atoms with Crippen molar-refractivity contribution < 1.29 is 4.74 Å². The van der Waals surface area contributed by atoms with Crippen LogP contribution >= 0.6 is 0 Å². The van der Waals surface area contributed by atoms with Crippen molar-refractivity contribution in [3.8, 4) is 0 Å². The standard InChI is InChI=1S/C11H13NO/c1-9-7-12-11(8-13-9)10-5-3-2-4-6-10/h2-6,11-12H,1,7-8H2/t11-/m1/s1. The van der Waals surface area contributed by atoms with Crippen LogP contribution in [-0.2, 0) is 4.74 Å². The predicted molar refractivity (Wildman–Crippen MR) is 52.3 cm³/mol. The van der Waals surface area contributed by atoms with Crippen LogP contribution in [0.3, 0.4) is 0 Å². The van der Waals surface area contributed by atoms with Crippen molar-refractivity contribution in [3.63, 3.8) is 0 Å². The maximum atomic E-state index is 5.39. The highest BCUT2D eigenvalue weighted by Gasteiger charge is 2.16. The van der Waals surface area contributed by atoms with Gasteiger partial charge in [-0.05, 0) is 5.56 Å². The molecule has 1 fully saturated rings. The first-order valence-electron chi connectivity index (χ1n) is 4.45. The first kappa shape index (κ1) is 8.32. The van der Waals surface area contributed by atoms with Crippen LogP contribution in [0, 0.1) is 0 Å². The van der Waals surface area contributed by atoms with Gasteiger partial charge in [-0.1, -0.05) is 36.9 Å². The molecule has 68 valence electrons. The Morgan fingerprint density at radius 3 is 2.69 bits per heavy atom. The number of nitrogens with one attached hydrogen (secondary N) is 1. The fraction of sp³-hybridized carbons (Fsp3) is 0.273. The SMILES string of the molecule is C=C1CN[C@@H](c2ccccc2)CO1. The van der Waals surface area contributed by atoms with Crippen molar-refractivity contribution in [2.45, 2.75) is 6.04 Å². The number of hydrogen-bond acceptors (Lipinski definition) is 2. The van der Waals surface area contributed by atoms with Crippen LogP contribution in [0.5, 0.6) is 0 Å². The molecule has 0 radical (unpaired) electrons. The van der Waals surface area contributed by atoms with Gasteiger partial charge in [0.2, 0.25) is 0 Å². The summed E-state index contributed by atoms with van der Waals surface area (Å²) in [7, 11) is 0. The van der Waals surface area contributed by atoms with E-state index in [0.29, 0.717) is 12.6 Å². The molecule has 1 aliphatic heterocycles. The fourth-order valence-corrected chi connectivity index (χ4v) is 1.45. The smallest absolute Gasteiger partial charge is 0.107 e. The topological polar surface area (TPSA) is 21.3 Å². The number of rotatable bonds is 1. The molecule has 2 nitrogen and oxygen atoms in total. The molecule has 1 aliphatic rings. The maximum Gasteiger partial charge on any atom is 0.107 e. The van der Waals surface area contributed by atoms with Gasteiger partial charge in [-0.3, -0.25) is 0 Å². The lowest BCUT2D eigenvalue weighted by atomic mass is 10.1. The van der Waals surface area contributed by atoms with E-state index in [1.54, 1.807) is 0 Å². The number of ether oxygens (including phenoxy) is 1. The summed E-state index contributed by atoms with van der Waals surface area (Å²) in [6.07, 6.45) is 0. The molecule has 1 N–H and O–H groups in total. The Bertz CT molecular complexity index is 284. The molecule has 0 amide bonds. The van der Waals surface area contributed by atoms with Gasteiger partial charge in [-0.2, -0.15) is 0 Å². The third-order valence-corrected chi connectivity index (χ3v) is 2.20. The number of benzene rings is 1. The Morgan fingerprint density at radius 2 is 2.08 bits per heavy atom. The Kier molecular flexibility index (Phi) is 2.32. The van der Waals surface area contributed by atoms with E-state index in [9.17, 15) is 0 Å². The van der Waals surface area contributed by atoms with Crippen molar-refractivity contribution >= 4 is 0 Å². The largest absolute Gasteiger partial charge is 0.495 e. The third-order valence-electron chi connectivity index (χ3n) is 2.20. The summed E-state index contributed by atoms with van der Waals surface area (Å²) < 4.78 is 5.39. The highest BCUT2D eigenvalue weighted by atomic mass is 16.5. The average Bonchev–Trinajstić information content (AvgIpc) is 2.20. The molecule has 1 saturated heterocycles. The van der Waals surface area contributed by atoms with E-state index in [0.717, 1.165) is 12.3 Å². The van der Waals surface area contributed by atoms with E-state index >= 15 is 0 Å². The zero-order chi connectivity index (χ0) is 9.10. The summed E-state index contributed by atoms with van der Waals surface area (Å²) in [5.41, 5.74) is 1.27. The van der Waals surface area contributed by atoms with Crippen LogP contribution in [0.1, 0.15) is 11.6 Å². The first-order valence-corrected chi connectivity index (χ1v) is 4.45. The van der Waals surface area contributed by atoms with Crippen molar-refractivity contribution in [2.24, 2.45) is 0 Å². The summed E-state index contributed by atoms with van der Waals surface area (Å²) in [6.45, 7) is 5.19. The summed E-state index contributed by atoms with van der Waals surface area (Å²) in [5.74, 6) is 0.826. The van der Waals surface area contributed by atoms with E-state index < -0.39 is 0 Å². The average molecular weight is 175 g/mol.